The molecule has 0 amide bonds. The van der Waals surface area contributed by atoms with Crippen LogP contribution in [0.5, 0.6) is 0 Å². The standard InChI is InChI=1S/C13H12Br2N2O2S/c1-20(18,19)13-5-3-2-4-11(13)17-8-12-10(15)6-9(14)7-16-12/h2-7,17H,8H2,1H3. The largest absolute Gasteiger partial charge is 0.378 e. The molecule has 0 saturated heterocycles. The van der Waals surface area contributed by atoms with Crippen molar-refractivity contribution in [2.24, 2.45) is 0 Å². The smallest absolute Gasteiger partial charge is 0.177 e. The van der Waals surface area contributed by atoms with E-state index in [0.29, 0.717) is 12.2 Å². The van der Waals surface area contributed by atoms with Crippen molar-refractivity contribution in [3.8, 4) is 0 Å². The first kappa shape index (κ1) is 15.5. The fourth-order valence-corrected chi connectivity index (χ4v) is 3.68. The molecule has 1 N–H and O–H groups in total. The highest BCUT2D eigenvalue weighted by Crippen LogP contribution is 2.23. The van der Waals surface area contributed by atoms with Crippen LogP contribution in [0.3, 0.4) is 0 Å². The minimum absolute atomic E-state index is 0.285. The number of hydrogen-bond acceptors (Lipinski definition) is 4. The molecule has 0 radical (unpaired) electrons. The number of rotatable bonds is 4. The summed E-state index contributed by atoms with van der Waals surface area (Å²) in [4.78, 5) is 4.56. The van der Waals surface area contributed by atoms with Gasteiger partial charge in [-0.15, -0.1) is 0 Å². The Labute approximate surface area is 134 Å². The van der Waals surface area contributed by atoms with Crippen molar-refractivity contribution in [2.45, 2.75) is 11.4 Å². The quantitative estimate of drug-likeness (QED) is 0.821. The van der Waals surface area contributed by atoms with Crippen LogP contribution in [0, 0.1) is 0 Å². The summed E-state index contributed by atoms with van der Waals surface area (Å²) in [6, 6.07) is 8.72. The second-order valence-electron chi connectivity index (χ2n) is 4.20. The summed E-state index contributed by atoms with van der Waals surface area (Å²) in [5.41, 5.74) is 1.38. The Balaban J connectivity index is 2.24. The maximum Gasteiger partial charge on any atom is 0.177 e. The number of hydrogen-bond donors (Lipinski definition) is 1. The Morgan fingerprint density at radius 1 is 1.25 bits per heavy atom. The topological polar surface area (TPSA) is 59.1 Å². The summed E-state index contributed by atoms with van der Waals surface area (Å²) in [5.74, 6) is 0. The number of pyridine rings is 1. The summed E-state index contributed by atoms with van der Waals surface area (Å²) in [5, 5.41) is 3.11. The van der Waals surface area contributed by atoms with Crippen LogP contribution in [0.2, 0.25) is 0 Å². The van der Waals surface area contributed by atoms with Crippen LogP contribution < -0.4 is 5.32 Å². The van der Waals surface area contributed by atoms with Crippen LogP contribution in [-0.2, 0) is 16.4 Å². The number of benzene rings is 1. The zero-order valence-corrected chi connectivity index (χ0v) is 14.6. The second kappa shape index (κ2) is 6.24. The monoisotopic (exact) mass is 418 g/mol. The van der Waals surface area contributed by atoms with Crippen LogP contribution in [0.1, 0.15) is 5.69 Å². The highest BCUT2D eigenvalue weighted by atomic mass is 79.9. The van der Waals surface area contributed by atoms with E-state index >= 15 is 0 Å². The maximum absolute atomic E-state index is 11.7. The van der Waals surface area contributed by atoms with Gasteiger partial charge in [0, 0.05) is 21.4 Å². The number of sulfone groups is 1. The summed E-state index contributed by atoms with van der Waals surface area (Å²) in [6.45, 7) is 0.431. The van der Waals surface area contributed by atoms with Gasteiger partial charge in [0.25, 0.3) is 0 Å². The number of anilines is 1. The molecule has 0 unspecified atom stereocenters. The van der Waals surface area contributed by atoms with Gasteiger partial charge >= 0.3 is 0 Å². The molecule has 2 rings (SSSR count). The number of aromatic nitrogens is 1. The number of para-hydroxylation sites is 1. The van der Waals surface area contributed by atoms with E-state index in [0.717, 1.165) is 14.6 Å². The number of halogens is 2. The van der Waals surface area contributed by atoms with Gasteiger partial charge in [-0.05, 0) is 50.1 Å². The Hall–Kier alpha value is -0.920. The van der Waals surface area contributed by atoms with Gasteiger partial charge in [-0.25, -0.2) is 8.42 Å². The average Bonchev–Trinajstić information content (AvgIpc) is 2.37. The molecule has 106 valence electrons. The lowest BCUT2D eigenvalue weighted by atomic mass is 10.3. The van der Waals surface area contributed by atoms with Gasteiger partial charge < -0.3 is 5.32 Å². The fraction of sp³-hybridized carbons (Fsp3) is 0.154. The Morgan fingerprint density at radius 3 is 2.60 bits per heavy atom. The van der Waals surface area contributed by atoms with Gasteiger partial charge in [0.15, 0.2) is 9.84 Å². The third-order valence-corrected chi connectivity index (χ3v) is 4.89. The molecule has 0 atom stereocenters. The zero-order chi connectivity index (χ0) is 14.8. The lowest BCUT2D eigenvalue weighted by Gasteiger charge is -2.11. The normalized spacial score (nSPS) is 11.3. The molecule has 4 nitrogen and oxygen atoms in total. The summed E-state index contributed by atoms with van der Waals surface area (Å²) >= 11 is 6.77. The molecule has 0 aliphatic heterocycles. The second-order valence-corrected chi connectivity index (χ2v) is 7.96. The van der Waals surface area contributed by atoms with Gasteiger partial charge in [-0.1, -0.05) is 12.1 Å². The molecule has 1 aromatic heterocycles. The van der Waals surface area contributed by atoms with Gasteiger partial charge in [-0.3, -0.25) is 4.98 Å². The lowest BCUT2D eigenvalue weighted by Crippen LogP contribution is -2.07. The predicted octanol–water partition coefficient (Wildman–Crippen LogP) is 3.62. The van der Waals surface area contributed by atoms with E-state index in [1.807, 2.05) is 6.07 Å². The van der Waals surface area contributed by atoms with E-state index in [9.17, 15) is 8.42 Å². The average molecular weight is 420 g/mol. The first-order valence-corrected chi connectivity index (χ1v) is 9.18. The van der Waals surface area contributed by atoms with Crippen LogP contribution in [-0.4, -0.2) is 19.7 Å². The molecule has 0 fully saturated rings. The fourth-order valence-electron chi connectivity index (χ4n) is 1.69. The van der Waals surface area contributed by atoms with E-state index in [1.54, 1.807) is 30.5 Å². The number of nitrogens with one attached hydrogen (secondary N) is 1. The predicted molar refractivity (Wildman–Crippen MR) is 86.5 cm³/mol. The molecule has 2 aromatic rings. The lowest BCUT2D eigenvalue weighted by molar-refractivity contribution is 0.602. The molecule has 1 heterocycles. The Morgan fingerprint density at radius 2 is 1.95 bits per heavy atom. The molecule has 0 bridgehead atoms. The SMILES string of the molecule is CS(=O)(=O)c1ccccc1NCc1ncc(Br)cc1Br. The Kier molecular flexibility index (Phi) is 4.82. The van der Waals surface area contributed by atoms with Crippen molar-refractivity contribution in [1.82, 2.24) is 4.98 Å². The van der Waals surface area contributed by atoms with E-state index in [4.69, 9.17) is 0 Å². The van der Waals surface area contributed by atoms with Crippen molar-refractivity contribution < 1.29 is 8.42 Å². The minimum Gasteiger partial charge on any atom is -0.378 e. The molecule has 20 heavy (non-hydrogen) atoms. The third-order valence-electron chi connectivity index (χ3n) is 2.62. The van der Waals surface area contributed by atoms with Crippen LogP contribution >= 0.6 is 31.9 Å². The summed E-state index contributed by atoms with van der Waals surface area (Å²) in [6.07, 6.45) is 2.89. The molecular formula is C13H12Br2N2O2S. The minimum atomic E-state index is -3.26. The van der Waals surface area contributed by atoms with E-state index in [1.165, 1.54) is 6.26 Å². The molecule has 0 spiro atoms. The molecular weight excluding hydrogens is 408 g/mol. The highest BCUT2D eigenvalue weighted by Gasteiger charge is 2.12. The van der Waals surface area contributed by atoms with Gasteiger partial charge in [-0.2, -0.15) is 0 Å². The van der Waals surface area contributed by atoms with Crippen molar-refractivity contribution in [3.63, 3.8) is 0 Å². The van der Waals surface area contributed by atoms with E-state index in [2.05, 4.69) is 42.2 Å². The van der Waals surface area contributed by atoms with Crippen LogP contribution in [0.15, 0.2) is 50.4 Å². The highest BCUT2D eigenvalue weighted by molar-refractivity contribution is 9.11. The third kappa shape index (κ3) is 3.80. The van der Waals surface area contributed by atoms with Crippen molar-refractivity contribution in [1.29, 1.82) is 0 Å². The molecule has 0 saturated carbocycles. The van der Waals surface area contributed by atoms with Gasteiger partial charge in [0.2, 0.25) is 0 Å². The van der Waals surface area contributed by atoms with Crippen molar-refractivity contribution in [3.05, 3.63) is 51.2 Å². The first-order valence-electron chi connectivity index (χ1n) is 5.71. The number of nitrogens with zero attached hydrogens (tertiary/aromatic N) is 1. The van der Waals surface area contributed by atoms with Crippen LogP contribution in [0.4, 0.5) is 5.69 Å². The first-order chi connectivity index (χ1) is 9.38. The van der Waals surface area contributed by atoms with Gasteiger partial charge in [0.05, 0.1) is 22.8 Å². The van der Waals surface area contributed by atoms with Crippen molar-refractivity contribution in [2.75, 3.05) is 11.6 Å². The Bertz CT molecular complexity index is 733. The molecule has 1 aromatic carbocycles. The zero-order valence-electron chi connectivity index (χ0n) is 10.6. The molecule has 0 aliphatic carbocycles. The van der Waals surface area contributed by atoms with Gasteiger partial charge in [0.1, 0.15) is 0 Å². The summed E-state index contributed by atoms with van der Waals surface area (Å²) in [7, 11) is -3.26. The van der Waals surface area contributed by atoms with E-state index in [-0.39, 0.29) is 4.90 Å². The van der Waals surface area contributed by atoms with E-state index < -0.39 is 9.84 Å². The van der Waals surface area contributed by atoms with Crippen LogP contribution in [0.25, 0.3) is 0 Å². The maximum atomic E-state index is 11.7. The summed E-state index contributed by atoms with van der Waals surface area (Å²) < 4.78 is 25.1. The van der Waals surface area contributed by atoms with Crippen molar-refractivity contribution >= 4 is 47.4 Å². The molecule has 0 aliphatic rings. The molecule has 7 heteroatoms.